The van der Waals surface area contributed by atoms with Crippen LogP contribution in [-0.2, 0) is 32.7 Å². The van der Waals surface area contributed by atoms with Gasteiger partial charge in [-0.15, -0.1) is 0 Å². The van der Waals surface area contributed by atoms with Crippen molar-refractivity contribution in [3.63, 3.8) is 0 Å². The van der Waals surface area contributed by atoms with Crippen LogP contribution in [0.1, 0.15) is 137 Å². The van der Waals surface area contributed by atoms with Crippen molar-refractivity contribution in [2.45, 2.75) is 197 Å². The molecule has 0 radical (unpaired) electrons. The highest BCUT2D eigenvalue weighted by Gasteiger charge is 2.41. The van der Waals surface area contributed by atoms with Crippen molar-refractivity contribution in [1.29, 1.82) is 0 Å². The lowest BCUT2D eigenvalue weighted by Gasteiger charge is -2.40. The Morgan fingerprint density at radius 1 is 0.593 bits per heavy atom. The number of nitrogens with zero attached hydrogens (tertiary/aromatic N) is 2. The molecule has 2 amide bonds. The van der Waals surface area contributed by atoms with Gasteiger partial charge in [0, 0.05) is 40.0 Å². The van der Waals surface area contributed by atoms with E-state index in [1.807, 2.05) is 69.2 Å². The van der Waals surface area contributed by atoms with Crippen molar-refractivity contribution in [3.8, 4) is 0 Å². The van der Waals surface area contributed by atoms with E-state index in [4.69, 9.17) is 23.1 Å². The summed E-state index contributed by atoms with van der Waals surface area (Å²) in [6, 6.07) is -0.333. The van der Waals surface area contributed by atoms with Gasteiger partial charge in [0.25, 0.3) is 0 Å². The molecule has 12 nitrogen and oxygen atoms in total. The van der Waals surface area contributed by atoms with Crippen LogP contribution in [0.2, 0.25) is 36.3 Å². The lowest BCUT2D eigenvalue weighted by molar-refractivity contribution is -0.144. The largest absolute Gasteiger partial charge is 0.465 e. The molecule has 1 N–H and O–H groups in total. The van der Waals surface area contributed by atoms with Crippen LogP contribution in [0.3, 0.4) is 0 Å². The normalized spacial score (nSPS) is 13.7. The Balaban J connectivity index is -0.000000294. The molecule has 0 aromatic heterocycles. The zero-order valence-electron chi connectivity index (χ0n) is 41.8. The maximum atomic E-state index is 12.6. The number of carbonyl (C=O) groups is 4. The number of carbonyl (C=O) groups excluding carboxylic acids is 4. The van der Waals surface area contributed by atoms with Crippen LogP contribution in [-0.4, -0.2) is 119 Å². The van der Waals surface area contributed by atoms with E-state index in [2.05, 4.69) is 79.3 Å². The number of esters is 1. The second kappa shape index (κ2) is 26.6. The third-order valence-electron chi connectivity index (χ3n) is 10.0. The second-order valence-electron chi connectivity index (χ2n) is 21.8. The van der Waals surface area contributed by atoms with Crippen molar-refractivity contribution < 1.29 is 47.3 Å². The third kappa shape index (κ3) is 31.5. The molecule has 2 atom stereocenters. The van der Waals surface area contributed by atoms with Gasteiger partial charge in [-0.3, -0.25) is 9.59 Å². The molecule has 0 aliphatic carbocycles. The summed E-state index contributed by atoms with van der Waals surface area (Å²) in [6.45, 7) is 45.1. The topological polar surface area (TPSA) is 141 Å². The van der Waals surface area contributed by atoms with E-state index in [1.54, 1.807) is 23.9 Å². The van der Waals surface area contributed by atoms with Gasteiger partial charge in [-0.2, -0.15) is 27.0 Å². The maximum absolute atomic E-state index is 12.6. The van der Waals surface area contributed by atoms with Crippen LogP contribution in [0.4, 0.5) is 9.59 Å². The van der Waals surface area contributed by atoms with Crippen LogP contribution in [0.5, 0.6) is 0 Å². The standard InChI is InChI=1S/C21H43NO5Si.C19H41NO4Si.C2H3ClO.2H2S/c1-16(23)25-15-21(8,9)13-17(14-26-28(11,12)20(5,6)7)22(10)18(24)27-19(2,3)4;1-17(2,3)24-16(22)20(9)15(12-19(7,8)14-21)13-23-25(10,11)18(4,5)6;1-2(3)4;;/h17H,13-15H2,1-12H3;15,21H,12-14H2,1-11H3;1H3;2*1H2/t17-;15-;;;/m00.../s1. The zero-order chi connectivity index (χ0) is 46.4. The molecule has 0 saturated carbocycles. The Kier molecular flexibility index (Phi) is 30.2. The molecule has 0 heterocycles. The molecule has 0 aliphatic rings. The van der Waals surface area contributed by atoms with Crippen molar-refractivity contribution in [2.75, 3.05) is 40.5 Å². The lowest BCUT2D eigenvalue weighted by atomic mass is 9.86. The van der Waals surface area contributed by atoms with Gasteiger partial charge in [-0.25, -0.2) is 9.59 Å². The summed E-state index contributed by atoms with van der Waals surface area (Å²) in [5.41, 5.74) is -1.70. The van der Waals surface area contributed by atoms with Gasteiger partial charge in [0.05, 0.1) is 31.9 Å². The van der Waals surface area contributed by atoms with Crippen LogP contribution >= 0.6 is 38.6 Å². The van der Waals surface area contributed by atoms with Crippen molar-refractivity contribution in [3.05, 3.63) is 0 Å². The fourth-order valence-corrected chi connectivity index (χ4v) is 6.40. The number of aliphatic hydroxyl groups is 1. The highest BCUT2D eigenvalue weighted by molar-refractivity contribution is 7.59. The Hall–Kier alpha value is -1.02. The van der Waals surface area contributed by atoms with E-state index in [0.717, 1.165) is 0 Å². The highest BCUT2D eigenvalue weighted by Crippen LogP contribution is 2.38. The Morgan fingerprint density at radius 2 is 0.864 bits per heavy atom. The van der Waals surface area contributed by atoms with Gasteiger partial charge in [0.1, 0.15) is 11.2 Å². The van der Waals surface area contributed by atoms with Gasteiger partial charge in [-0.1, -0.05) is 69.2 Å². The van der Waals surface area contributed by atoms with E-state index >= 15 is 0 Å². The molecule has 0 saturated heterocycles. The summed E-state index contributed by atoms with van der Waals surface area (Å²) in [5, 5.41) is 9.46. The van der Waals surface area contributed by atoms with Gasteiger partial charge >= 0.3 is 18.2 Å². The Labute approximate surface area is 382 Å². The maximum Gasteiger partial charge on any atom is 0.410 e. The van der Waals surface area contributed by atoms with Crippen LogP contribution in [0.25, 0.3) is 0 Å². The van der Waals surface area contributed by atoms with E-state index in [1.165, 1.54) is 13.8 Å². The smallest absolute Gasteiger partial charge is 0.410 e. The molecule has 0 aliphatic heterocycles. The number of ether oxygens (including phenoxy) is 3. The first-order chi connectivity index (χ1) is 24.9. The number of halogens is 1. The minimum atomic E-state index is -1.97. The monoisotopic (exact) mass is 939 g/mol. The number of likely N-dealkylation sites (N-methyl/N-ethyl adjacent to an activating group) is 2. The number of aliphatic hydroxyl groups excluding tert-OH is 1. The quantitative estimate of drug-likeness (QED) is 0.0730. The number of hydrogen-bond acceptors (Lipinski definition) is 10. The lowest BCUT2D eigenvalue weighted by Crippen LogP contribution is -2.49. The van der Waals surface area contributed by atoms with E-state index in [9.17, 15) is 24.3 Å². The van der Waals surface area contributed by atoms with E-state index < -0.39 is 27.8 Å². The summed E-state index contributed by atoms with van der Waals surface area (Å²) < 4.78 is 29.0. The minimum absolute atomic E-state index is 0. The molecule has 356 valence electrons. The summed E-state index contributed by atoms with van der Waals surface area (Å²) in [6.07, 6.45) is 0.545. The fraction of sp³-hybridized carbons (Fsp3) is 0.905. The molecule has 0 bridgehead atoms. The molecule has 0 aromatic rings. The molecule has 0 aromatic carbocycles. The molecule has 0 fully saturated rings. The van der Waals surface area contributed by atoms with Gasteiger partial charge < -0.3 is 38.0 Å². The van der Waals surface area contributed by atoms with Crippen LogP contribution in [0, 0.1) is 10.8 Å². The fourth-order valence-electron chi connectivity index (χ4n) is 4.32. The Morgan fingerprint density at radius 3 is 1.08 bits per heavy atom. The molecular formula is C42H91ClN2O10S2Si2. The SMILES string of the molecule is CC(=O)Cl.CC(=O)OCC(C)(C)C[C@@H](CO[Si](C)(C)C(C)(C)C)N(C)C(=O)OC(C)(C)C.CN(C(=O)OC(C)(C)C)[C@H](CO[Si](C)(C)C(C)(C)C)CC(C)(C)CO.S.S. The van der Waals surface area contributed by atoms with Crippen molar-refractivity contribution in [2.24, 2.45) is 10.8 Å². The summed E-state index contributed by atoms with van der Waals surface area (Å²) >= 11 is 4.64. The molecule has 17 heteroatoms. The predicted octanol–water partition coefficient (Wildman–Crippen LogP) is 10.9. The summed E-state index contributed by atoms with van der Waals surface area (Å²) in [7, 11) is -0.396. The Bertz CT molecular complexity index is 1260. The van der Waals surface area contributed by atoms with Gasteiger partial charge in [0.2, 0.25) is 5.24 Å². The number of rotatable bonds is 15. The number of amides is 2. The molecular weight excluding hydrogens is 848 g/mol. The molecule has 0 spiro atoms. The first kappa shape index (κ1) is 67.1. The van der Waals surface area contributed by atoms with Crippen LogP contribution < -0.4 is 0 Å². The average Bonchev–Trinajstić information content (AvgIpc) is 2.96. The van der Waals surface area contributed by atoms with E-state index in [-0.39, 0.29) is 90.0 Å². The predicted molar refractivity (Wildman–Crippen MR) is 260 cm³/mol. The van der Waals surface area contributed by atoms with Crippen molar-refractivity contribution in [1.82, 2.24) is 9.80 Å². The first-order valence-corrected chi connectivity index (χ1v) is 26.2. The van der Waals surface area contributed by atoms with Crippen LogP contribution in [0.15, 0.2) is 0 Å². The van der Waals surface area contributed by atoms with Crippen molar-refractivity contribution >= 4 is 78.6 Å². The molecule has 59 heavy (non-hydrogen) atoms. The summed E-state index contributed by atoms with van der Waals surface area (Å²) in [4.78, 5) is 48.8. The average molecular weight is 940 g/mol. The van der Waals surface area contributed by atoms with E-state index in [0.29, 0.717) is 32.7 Å². The first-order valence-electron chi connectivity index (χ1n) is 20.0. The zero-order valence-corrected chi connectivity index (χ0v) is 46.5. The number of hydrogen-bond donors (Lipinski definition) is 1. The molecule has 0 unspecified atom stereocenters. The van der Waals surface area contributed by atoms with Gasteiger partial charge in [-0.05, 0) is 108 Å². The third-order valence-corrected chi connectivity index (χ3v) is 19.0. The molecule has 0 rings (SSSR count). The highest BCUT2D eigenvalue weighted by atomic mass is 35.5. The second-order valence-corrected chi connectivity index (χ2v) is 31.9. The summed E-state index contributed by atoms with van der Waals surface area (Å²) in [5.74, 6) is -0.303. The van der Waals surface area contributed by atoms with Gasteiger partial charge in [0.15, 0.2) is 16.6 Å². The minimum Gasteiger partial charge on any atom is -0.465 e.